The zero-order chi connectivity index (χ0) is 13.9. The number of sulfonamides is 1. The zero-order valence-electron chi connectivity index (χ0n) is 9.88. The van der Waals surface area contributed by atoms with E-state index in [9.17, 15) is 13.2 Å². The summed E-state index contributed by atoms with van der Waals surface area (Å²) in [7, 11) is -3.87. The van der Waals surface area contributed by atoms with Crippen molar-refractivity contribution in [2.75, 3.05) is 11.1 Å². The number of primary amides is 1. The van der Waals surface area contributed by atoms with Crippen LogP contribution in [0.5, 0.6) is 0 Å². The maximum atomic E-state index is 11.3. The number of benzene rings is 1. The molecule has 0 saturated carbocycles. The average Bonchev–Trinajstić information content (AvgIpc) is 2.18. The van der Waals surface area contributed by atoms with Gasteiger partial charge in [0.15, 0.2) is 0 Å². The van der Waals surface area contributed by atoms with Crippen LogP contribution in [0.4, 0.5) is 11.4 Å². The predicted molar refractivity (Wildman–Crippen MR) is 69.1 cm³/mol. The summed E-state index contributed by atoms with van der Waals surface area (Å²) in [6, 6.07) is 4.16. The van der Waals surface area contributed by atoms with Crippen LogP contribution < -0.4 is 21.9 Å². The molecule has 1 atom stereocenters. The van der Waals surface area contributed by atoms with E-state index in [2.05, 4.69) is 5.32 Å². The number of hydrogen-bond donors (Lipinski definition) is 4. The van der Waals surface area contributed by atoms with E-state index in [0.717, 1.165) is 0 Å². The fourth-order valence-electron chi connectivity index (χ4n) is 1.54. The molecule has 0 aliphatic carbocycles. The largest absolute Gasteiger partial charge is 0.396 e. The average molecular weight is 272 g/mol. The van der Waals surface area contributed by atoms with E-state index in [4.69, 9.17) is 16.6 Å². The molecule has 0 fully saturated rings. The molecule has 8 heteroatoms. The molecule has 0 aliphatic heterocycles. The van der Waals surface area contributed by atoms with Crippen LogP contribution in [-0.2, 0) is 14.8 Å². The first-order valence-electron chi connectivity index (χ1n) is 5.18. The van der Waals surface area contributed by atoms with E-state index in [0.29, 0.717) is 5.69 Å². The molecule has 18 heavy (non-hydrogen) atoms. The van der Waals surface area contributed by atoms with Gasteiger partial charge in [-0.2, -0.15) is 0 Å². The first-order chi connectivity index (χ1) is 8.21. The minimum absolute atomic E-state index is 0.0244. The standard InChI is InChI=1S/C10H16N4O3S/c1-6(5-9(11)15)14-7-3-2-4-8(10(7)12)18(13,16)17/h2-4,6,14H,5,12H2,1H3,(H2,11,15)(H2,13,16,17). The maximum Gasteiger partial charge on any atom is 0.240 e. The third-order valence-corrected chi connectivity index (χ3v) is 3.25. The van der Waals surface area contributed by atoms with Gasteiger partial charge in [0, 0.05) is 12.5 Å². The van der Waals surface area contributed by atoms with Crippen LogP contribution in [0.3, 0.4) is 0 Å². The van der Waals surface area contributed by atoms with Crippen molar-refractivity contribution in [2.24, 2.45) is 10.9 Å². The minimum Gasteiger partial charge on any atom is -0.396 e. The highest BCUT2D eigenvalue weighted by molar-refractivity contribution is 7.89. The molecule has 0 bridgehead atoms. The Hall–Kier alpha value is -1.80. The van der Waals surface area contributed by atoms with Crippen molar-refractivity contribution < 1.29 is 13.2 Å². The summed E-state index contributed by atoms with van der Waals surface area (Å²) in [5.74, 6) is -0.462. The van der Waals surface area contributed by atoms with Gasteiger partial charge in [-0.25, -0.2) is 13.6 Å². The number of primary sulfonamides is 1. The van der Waals surface area contributed by atoms with Gasteiger partial charge in [-0.1, -0.05) is 6.07 Å². The summed E-state index contributed by atoms with van der Waals surface area (Å²) < 4.78 is 22.5. The lowest BCUT2D eigenvalue weighted by atomic mass is 10.2. The Kier molecular flexibility index (Phi) is 4.15. The van der Waals surface area contributed by atoms with Crippen LogP contribution in [0.1, 0.15) is 13.3 Å². The quantitative estimate of drug-likeness (QED) is 0.539. The topological polar surface area (TPSA) is 141 Å². The molecule has 100 valence electrons. The number of amides is 1. The summed E-state index contributed by atoms with van der Waals surface area (Å²) in [4.78, 5) is 10.6. The smallest absolute Gasteiger partial charge is 0.240 e. The number of nitrogen functional groups attached to an aromatic ring is 1. The van der Waals surface area contributed by atoms with Gasteiger partial charge in [-0.05, 0) is 19.1 Å². The predicted octanol–water partition coefficient (Wildman–Crippen LogP) is -0.408. The summed E-state index contributed by atoms with van der Waals surface area (Å²) in [5, 5.41) is 7.94. The van der Waals surface area contributed by atoms with Crippen LogP contribution in [-0.4, -0.2) is 20.4 Å². The molecule has 1 amide bonds. The molecule has 7 nitrogen and oxygen atoms in total. The van der Waals surface area contributed by atoms with E-state index < -0.39 is 15.9 Å². The summed E-state index contributed by atoms with van der Waals surface area (Å²) in [6.45, 7) is 1.73. The van der Waals surface area contributed by atoms with Crippen molar-refractivity contribution in [3.63, 3.8) is 0 Å². The first-order valence-corrected chi connectivity index (χ1v) is 6.72. The second-order valence-corrected chi connectivity index (χ2v) is 5.51. The third-order valence-electron chi connectivity index (χ3n) is 2.28. The molecular weight excluding hydrogens is 256 g/mol. The van der Waals surface area contributed by atoms with Crippen molar-refractivity contribution in [3.05, 3.63) is 18.2 Å². The van der Waals surface area contributed by atoms with Gasteiger partial charge in [0.25, 0.3) is 0 Å². The Bertz CT molecular complexity index is 556. The van der Waals surface area contributed by atoms with Crippen LogP contribution in [0, 0.1) is 0 Å². The van der Waals surface area contributed by atoms with Gasteiger partial charge >= 0.3 is 0 Å². The van der Waals surface area contributed by atoms with E-state index in [1.165, 1.54) is 12.1 Å². The van der Waals surface area contributed by atoms with Crippen molar-refractivity contribution >= 4 is 27.3 Å². The molecule has 0 spiro atoms. The van der Waals surface area contributed by atoms with Crippen LogP contribution in [0.15, 0.2) is 23.1 Å². The van der Waals surface area contributed by atoms with Crippen LogP contribution >= 0.6 is 0 Å². The Morgan fingerprint density at radius 3 is 2.56 bits per heavy atom. The highest BCUT2D eigenvalue weighted by atomic mass is 32.2. The molecule has 7 N–H and O–H groups in total. The van der Waals surface area contributed by atoms with E-state index >= 15 is 0 Å². The highest BCUT2D eigenvalue weighted by Crippen LogP contribution is 2.26. The van der Waals surface area contributed by atoms with Crippen molar-refractivity contribution in [1.29, 1.82) is 0 Å². The van der Waals surface area contributed by atoms with Gasteiger partial charge < -0.3 is 16.8 Å². The fourth-order valence-corrected chi connectivity index (χ4v) is 2.22. The van der Waals surface area contributed by atoms with Gasteiger partial charge in [0.1, 0.15) is 4.90 Å². The summed E-state index contributed by atoms with van der Waals surface area (Å²) in [5.41, 5.74) is 11.2. The Morgan fingerprint density at radius 2 is 2.06 bits per heavy atom. The number of nitrogens with one attached hydrogen (secondary N) is 1. The van der Waals surface area contributed by atoms with Crippen molar-refractivity contribution in [1.82, 2.24) is 0 Å². The molecule has 0 radical (unpaired) electrons. The molecule has 0 saturated heterocycles. The van der Waals surface area contributed by atoms with Crippen LogP contribution in [0.2, 0.25) is 0 Å². The molecular formula is C10H16N4O3S. The molecule has 1 aromatic carbocycles. The second kappa shape index (κ2) is 5.23. The number of anilines is 2. The third kappa shape index (κ3) is 3.60. The van der Waals surface area contributed by atoms with Crippen molar-refractivity contribution in [3.8, 4) is 0 Å². The lowest BCUT2D eigenvalue weighted by Crippen LogP contribution is -2.25. The van der Waals surface area contributed by atoms with Gasteiger partial charge in [-0.3, -0.25) is 4.79 Å². The Labute approximate surface area is 105 Å². The fraction of sp³-hybridized carbons (Fsp3) is 0.300. The zero-order valence-corrected chi connectivity index (χ0v) is 10.7. The number of hydrogen-bond acceptors (Lipinski definition) is 5. The van der Waals surface area contributed by atoms with E-state index in [1.54, 1.807) is 13.0 Å². The van der Waals surface area contributed by atoms with Gasteiger partial charge in [0.05, 0.1) is 11.4 Å². The van der Waals surface area contributed by atoms with E-state index in [1.807, 2.05) is 0 Å². The minimum atomic E-state index is -3.87. The number of rotatable bonds is 5. The molecule has 1 rings (SSSR count). The van der Waals surface area contributed by atoms with Gasteiger partial charge in [-0.15, -0.1) is 0 Å². The maximum absolute atomic E-state index is 11.3. The van der Waals surface area contributed by atoms with E-state index in [-0.39, 0.29) is 23.0 Å². The monoisotopic (exact) mass is 272 g/mol. The molecule has 0 aromatic heterocycles. The summed E-state index contributed by atoms with van der Waals surface area (Å²) in [6.07, 6.45) is 0.110. The lowest BCUT2D eigenvalue weighted by molar-refractivity contribution is -0.118. The van der Waals surface area contributed by atoms with Gasteiger partial charge in [0.2, 0.25) is 15.9 Å². The number of carbonyl (C=O) groups is 1. The molecule has 0 heterocycles. The highest BCUT2D eigenvalue weighted by Gasteiger charge is 2.16. The lowest BCUT2D eigenvalue weighted by Gasteiger charge is -2.16. The second-order valence-electron chi connectivity index (χ2n) is 3.98. The number of nitrogens with two attached hydrogens (primary N) is 3. The molecule has 1 aromatic rings. The first kappa shape index (κ1) is 14.3. The normalized spacial score (nSPS) is 13.0. The summed E-state index contributed by atoms with van der Waals surface area (Å²) >= 11 is 0. The molecule has 0 aliphatic rings. The van der Waals surface area contributed by atoms with Crippen molar-refractivity contribution in [2.45, 2.75) is 24.3 Å². The number of para-hydroxylation sites is 1. The SMILES string of the molecule is CC(CC(N)=O)Nc1cccc(S(N)(=O)=O)c1N. The Morgan fingerprint density at radius 1 is 1.44 bits per heavy atom. The Balaban J connectivity index is 3.02. The number of carbonyl (C=O) groups excluding carboxylic acids is 1. The molecule has 1 unspecified atom stereocenters. The van der Waals surface area contributed by atoms with Crippen LogP contribution in [0.25, 0.3) is 0 Å².